The highest BCUT2D eigenvalue weighted by atomic mass is 32.2. The Kier molecular flexibility index (Phi) is 5.10. The molecule has 0 bridgehead atoms. The van der Waals surface area contributed by atoms with Gasteiger partial charge in [0.1, 0.15) is 0 Å². The van der Waals surface area contributed by atoms with Crippen LogP contribution in [0.1, 0.15) is 20.8 Å². The topological polar surface area (TPSA) is 46.2 Å². The zero-order valence-corrected chi connectivity index (χ0v) is 13.0. The number of anilines is 1. The largest absolute Gasteiger partial charge is 0.384 e. The quantitative estimate of drug-likeness (QED) is 0.846. The number of sulfone groups is 1. The predicted molar refractivity (Wildman–Crippen MR) is 80.3 cm³/mol. The van der Waals surface area contributed by atoms with Gasteiger partial charge in [-0.2, -0.15) is 0 Å². The summed E-state index contributed by atoms with van der Waals surface area (Å²) in [4.78, 5) is 1.17. The fourth-order valence-corrected chi connectivity index (χ4v) is 2.81. The van der Waals surface area contributed by atoms with Gasteiger partial charge < -0.3 is 5.32 Å². The normalized spacial score (nSPS) is 12.4. The number of thioether (sulfide) groups is 1. The highest BCUT2D eigenvalue weighted by Gasteiger charge is 2.28. The standard InChI is InChI=1S/C13H21NO2S2/c1-13(2,3)18(15,16)9-8-14-11-6-5-7-12(10-11)17-4/h5-7,10,14H,8-9H2,1-4H3. The molecule has 0 unspecified atom stereocenters. The van der Waals surface area contributed by atoms with Crippen molar-refractivity contribution < 1.29 is 8.42 Å². The third-order valence-electron chi connectivity index (χ3n) is 2.70. The van der Waals surface area contributed by atoms with Gasteiger partial charge in [-0.3, -0.25) is 0 Å². The molecule has 102 valence electrons. The van der Waals surface area contributed by atoms with Crippen molar-refractivity contribution in [2.75, 3.05) is 23.9 Å². The molecule has 18 heavy (non-hydrogen) atoms. The summed E-state index contributed by atoms with van der Waals surface area (Å²) < 4.78 is 23.2. The molecular formula is C13H21NO2S2. The molecule has 1 aromatic rings. The Balaban J connectivity index is 2.57. The van der Waals surface area contributed by atoms with Gasteiger partial charge in [-0.05, 0) is 45.2 Å². The first-order valence-corrected chi connectivity index (χ1v) is 8.74. The van der Waals surface area contributed by atoms with E-state index in [-0.39, 0.29) is 5.75 Å². The van der Waals surface area contributed by atoms with Crippen molar-refractivity contribution in [1.29, 1.82) is 0 Å². The molecule has 0 spiro atoms. The first kappa shape index (κ1) is 15.4. The van der Waals surface area contributed by atoms with E-state index in [1.807, 2.05) is 30.5 Å². The highest BCUT2D eigenvalue weighted by molar-refractivity contribution is 7.98. The maximum Gasteiger partial charge on any atom is 0.156 e. The third-order valence-corrected chi connectivity index (χ3v) is 6.04. The summed E-state index contributed by atoms with van der Waals surface area (Å²) in [5.74, 6) is 0.153. The number of hydrogen-bond acceptors (Lipinski definition) is 4. The van der Waals surface area contributed by atoms with Crippen LogP contribution in [0.3, 0.4) is 0 Å². The molecule has 0 saturated heterocycles. The summed E-state index contributed by atoms with van der Waals surface area (Å²) in [5, 5.41) is 3.16. The first-order chi connectivity index (χ1) is 8.26. The Hall–Kier alpha value is -0.680. The molecule has 5 heteroatoms. The molecule has 0 aliphatic carbocycles. The van der Waals surface area contributed by atoms with Crippen LogP contribution in [-0.2, 0) is 9.84 Å². The monoisotopic (exact) mass is 287 g/mol. The SMILES string of the molecule is CSc1cccc(NCCS(=O)(=O)C(C)(C)C)c1. The first-order valence-electron chi connectivity index (χ1n) is 5.86. The highest BCUT2D eigenvalue weighted by Crippen LogP contribution is 2.19. The van der Waals surface area contributed by atoms with Gasteiger partial charge in [-0.15, -0.1) is 11.8 Å². The zero-order valence-electron chi connectivity index (χ0n) is 11.4. The Morgan fingerprint density at radius 1 is 1.28 bits per heavy atom. The van der Waals surface area contributed by atoms with E-state index in [1.54, 1.807) is 32.5 Å². The smallest absolute Gasteiger partial charge is 0.156 e. The molecule has 0 heterocycles. The summed E-state index contributed by atoms with van der Waals surface area (Å²) in [6.07, 6.45) is 2.02. The maximum atomic E-state index is 11.9. The van der Waals surface area contributed by atoms with Crippen molar-refractivity contribution in [3.05, 3.63) is 24.3 Å². The van der Waals surface area contributed by atoms with Gasteiger partial charge in [-0.1, -0.05) is 6.07 Å². The average Bonchev–Trinajstić information content (AvgIpc) is 2.27. The van der Waals surface area contributed by atoms with Gasteiger partial charge in [0.05, 0.1) is 10.5 Å². The van der Waals surface area contributed by atoms with Crippen LogP contribution in [0.2, 0.25) is 0 Å². The van der Waals surface area contributed by atoms with E-state index in [1.165, 1.54) is 4.90 Å². The second-order valence-electron chi connectivity index (χ2n) is 5.09. The van der Waals surface area contributed by atoms with E-state index in [4.69, 9.17) is 0 Å². The molecule has 0 aliphatic rings. The van der Waals surface area contributed by atoms with Crippen molar-refractivity contribution in [2.24, 2.45) is 0 Å². The van der Waals surface area contributed by atoms with E-state index in [9.17, 15) is 8.42 Å². The van der Waals surface area contributed by atoms with Crippen LogP contribution >= 0.6 is 11.8 Å². The van der Waals surface area contributed by atoms with Gasteiger partial charge in [-0.25, -0.2) is 8.42 Å². The van der Waals surface area contributed by atoms with Gasteiger partial charge in [0.15, 0.2) is 9.84 Å². The molecular weight excluding hydrogens is 266 g/mol. The van der Waals surface area contributed by atoms with E-state index in [0.29, 0.717) is 6.54 Å². The Labute approximate surface area is 114 Å². The van der Waals surface area contributed by atoms with Crippen LogP contribution in [0.5, 0.6) is 0 Å². The second kappa shape index (κ2) is 5.97. The third kappa shape index (κ3) is 4.21. The fourth-order valence-electron chi connectivity index (χ4n) is 1.37. The van der Waals surface area contributed by atoms with Gasteiger partial charge >= 0.3 is 0 Å². The number of nitrogens with one attached hydrogen (secondary N) is 1. The van der Waals surface area contributed by atoms with Gasteiger partial charge in [0.2, 0.25) is 0 Å². The van der Waals surface area contributed by atoms with E-state index >= 15 is 0 Å². The van der Waals surface area contributed by atoms with Crippen molar-refractivity contribution >= 4 is 27.3 Å². The molecule has 1 rings (SSSR count). The molecule has 0 amide bonds. The Morgan fingerprint density at radius 3 is 2.50 bits per heavy atom. The summed E-state index contributed by atoms with van der Waals surface area (Å²) in [6.45, 7) is 5.64. The Bertz CT molecular complexity index is 490. The minimum absolute atomic E-state index is 0.153. The van der Waals surface area contributed by atoms with Crippen LogP contribution in [0.25, 0.3) is 0 Å². The van der Waals surface area contributed by atoms with Crippen molar-refractivity contribution in [3.63, 3.8) is 0 Å². The number of benzene rings is 1. The predicted octanol–water partition coefficient (Wildman–Crippen LogP) is 3.03. The molecule has 0 aliphatic heterocycles. The molecule has 1 aromatic carbocycles. The lowest BCUT2D eigenvalue weighted by atomic mass is 10.3. The maximum absolute atomic E-state index is 11.9. The summed E-state index contributed by atoms with van der Waals surface area (Å²) in [6, 6.07) is 7.96. The van der Waals surface area contributed by atoms with Crippen LogP contribution in [0.15, 0.2) is 29.2 Å². The fraction of sp³-hybridized carbons (Fsp3) is 0.538. The molecule has 0 atom stereocenters. The average molecular weight is 287 g/mol. The molecule has 0 fully saturated rings. The molecule has 3 nitrogen and oxygen atoms in total. The lowest BCUT2D eigenvalue weighted by Crippen LogP contribution is -2.32. The molecule has 0 aromatic heterocycles. The number of rotatable bonds is 5. The number of hydrogen-bond donors (Lipinski definition) is 1. The van der Waals surface area contributed by atoms with Crippen LogP contribution in [0.4, 0.5) is 5.69 Å². The summed E-state index contributed by atoms with van der Waals surface area (Å²) >= 11 is 1.67. The van der Waals surface area contributed by atoms with Crippen LogP contribution < -0.4 is 5.32 Å². The Morgan fingerprint density at radius 2 is 1.94 bits per heavy atom. The van der Waals surface area contributed by atoms with Crippen LogP contribution in [-0.4, -0.2) is 31.7 Å². The minimum atomic E-state index is -3.05. The summed E-state index contributed by atoms with van der Waals surface area (Å²) in [5.41, 5.74) is 0.964. The second-order valence-corrected chi connectivity index (χ2v) is 8.83. The van der Waals surface area contributed by atoms with Crippen molar-refractivity contribution in [2.45, 2.75) is 30.4 Å². The van der Waals surface area contributed by atoms with E-state index in [0.717, 1.165) is 5.69 Å². The lowest BCUT2D eigenvalue weighted by molar-refractivity contribution is 0.560. The minimum Gasteiger partial charge on any atom is -0.384 e. The van der Waals surface area contributed by atoms with E-state index < -0.39 is 14.6 Å². The molecule has 0 radical (unpaired) electrons. The van der Waals surface area contributed by atoms with Crippen molar-refractivity contribution in [1.82, 2.24) is 0 Å². The lowest BCUT2D eigenvalue weighted by Gasteiger charge is -2.19. The van der Waals surface area contributed by atoms with Gasteiger partial charge in [0.25, 0.3) is 0 Å². The summed E-state index contributed by atoms with van der Waals surface area (Å²) in [7, 11) is -3.05. The molecule has 1 N–H and O–H groups in total. The zero-order chi connectivity index (χ0) is 13.8. The van der Waals surface area contributed by atoms with Crippen molar-refractivity contribution in [3.8, 4) is 0 Å². The van der Waals surface area contributed by atoms with Crippen LogP contribution in [0, 0.1) is 0 Å². The van der Waals surface area contributed by atoms with E-state index in [2.05, 4.69) is 5.32 Å². The molecule has 0 saturated carbocycles. The van der Waals surface area contributed by atoms with Gasteiger partial charge in [0, 0.05) is 17.1 Å².